The van der Waals surface area contributed by atoms with E-state index in [9.17, 15) is 0 Å². The second kappa shape index (κ2) is 31.0. The molecule has 0 rings (SSSR count). The van der Waals surface area contributed by atoms with Crippen molar-refractivity contribution in [1.29, 1.82) is 0 Å². The Morgan fingerprint density at radius 2 is 1.54 bits per heavy atom. The first-order valence-electron chi connectivity index (χ1n) is 11.0. The Kier molecular flexibility index (Phi) is 38.5. The maximum Gasteiger partial charge on any atom is 0.0728 e. The quantitative estimate of drug-likeness (QED) is 0.283. The molecule has 0 amide bonds. The first-order valence-corrected chi connectivity index (χ1v) is 12.2. The monoisotopic (exact) mass is 415 g/mol. The average molecular weight is 416 g/mol. The van der Waals surface area contributed by atoms with Crippen molar-refractivity contribution in [3.8, 4) is 0 Å². The molecule has 0 aliphatic carbocycles. The Labute approximate surface area is 183 Å². The summed E-state index contributed by atoms with van der Waals surface area (Å²) in [7, 11) is 4.26. The molecule has 0 spiro atoms. The fraction of sp³-hybridized carbons (Fsp3) is 0.750. The molecule has 4 N–H and O–H groups in total. The van der Waals surface area contributed by atoms with Gasteiger partial charge in [-0.3, -0.25) is 0 Å². The molecule has 0 radical (unpaired) electrons. The Morgan fingerprint density at radius 3 is 1.86 bits per heavy atom. The molecular formula is C24H53N3S. The van der Waals surface area contributed by atoms with Gasteiger partial charge >= 0.3 is 0 Å². The maximum atomic E-state index is 5.83. The van der Waals surface area contributed by atoms with Crippen molar-refractivity contribution in [1.82, 2.24) is 4.90 Å². The zero-order valence-corrected chi connectivity index (χ0v) is 21.6. The van der Waals surface area contributed by atoms with Gasteiger partial charge in [0.15, 0.2) is 0 Å². The van der Waals surface area contributed by atoms with Crippen LogP contribution in [0, 0.1) is 0 Å². The smallest absolute Gasteiger partial charge is 0.0728 e. The zero-order chi connectivity index (χ0) is 22.8. The Balaban J connectivity index is -0.000000166. The van der Waals surface area contributed by atoms with Crippen LogP contribution in [0.2, 0.25) is 0 Å². The van der Waals surface area contributed by atoms with Crippen LogP contribution in [0.5, 0.6) is 0 Å². The highest BCUT2D eigenvalue weighted by Gasteiger charge is 1.98. The Bertz CT molecular complexity index is 359. The number of nitrogens with zero attached hydrogens (tertiary/aromatic N) is 1. The number of allylic oxidation sites excluding steroid dienone is 4. The highest BCUT2D eigenvalue weighted by Crippen LogP contribution is 2.18. The summed E-state index contributed by atoms with van der Waals surface area (Å²) in [5, 5.41) is 0.847. The van der Waals surface area contributed by atoms with Crippen LogP contribution in [0.3, 0.4) is 0 Å². The molecule has 3 nitrogen and oxygen atoms in total. The third-order valence-electron chi connectivity index (χ3n) is 3.43. The van der Waals surface area contributed by atoms with Crippen LogP contribution in [0.4, 0.5) is 0 Å². The molecule has 0 heterocycles. The molecule has 0 aliphatic rings. The second-order valence-electron chi connectivity index (χ2n) is 6.61. The molecule has 0 unspecified atom stereocenters. The lowest BCUT2D eigenvalue weighted by atomic mass is 10.1. The van der Waals surface area contributed by atoms with Crippen molar-refractivity contribution in [3.05, 3.63) is 34.9 Å². The molecule has 170 valence electrons. The molecule has 0 aromatic heterocycles. The molecule has 4 heteroatoms. The lowest BCUT2D eigenvalue weighted by Crippen LogP contribution is -2.12. The van der Waals surface area contributed by atoms with Crippen molar-refractivity contribution in [3.63, 3.8) is 0 Å². The molecule has 0 bridgehead atoms. The molecule has 0 fully saturated rings. The van der Waals surface area contributed by atoms with Gasteiger partial charge in [0, 0.05) is 5.57 Å². The summed E-state index contributed by atoms with van der Waals surface area (Å²) in [4.78, 5) is 2.25. The number of thioether (sulfide) groups is 1. The van der Waals surface area contributed by atoms with Crippen LogP contribution in [-0.4, -0.2) is 38.3 Å². The molecule has 0 aromatic rings. The summed E-state index contributed by atoms with van der Waals surface area (Å²) < 4.78 is 0. The number of hydrogen-bond acceptors (Lipinski definition) is 4. The zero-order valence-electron chi connectivity index (χ0n) is 20.7. The third kappa shape index (κ3) is 32.9. The molecule has 0 saturated carbocycles. The fourth-order valence-corrected chi connectivity index (χ4v) is 2.23. The van der Waals surface area contributed by atoms with Crippen molar-refractivity contribution in [2.24, 2.45) is 11.5 Å². The van der Waals surface area contributed by atoms with Crippen molar-refractivity contribution in [2.75, 3.05) is 33.4 Å². The minimum absolute atomic E-state index is 0.819. The van der Waals surface area contributed by atoms with Gasteiger partial charge in [-0.05, 0) is 65.2 Å². The van der Waals surface area contributed by atoms with Gasteiger partial charge in [0.05, 0.1) is 5.03 Å². The van der Waals surface area contributed by atoms with E-state index in [0.29, 0.717) is 0 Å². The van der Waals surface area contributed by atoms with Crippen molar-refractivity contribution in [2.45, 2.75) is 86.5 Å². The third-order valence-corrected chi connectivity index (χ3v) is 4.09. The molecule has 0 aromatic carbocycles. The summed E-state index contributed by atoms with van der Waals surface area (Å²) in [6.07, 6.45) is 15.0. The topological polar surface area (TPSA) is 55.3 Å². The predicted octanol–water partition coefficient (Wildman–Crippen LogP) is 6.96. The largest absolute Gasteiger partial charge is 0.393 e. The molecule has 0 atom stereocenters. The molecular weight excluding hydrogens is 362 g/mol. The summed E-state index contributed by atoms with van der Waals surface area (Å²) >= 11 is 1.56. The average Bonchev–Trinajstić information content (AvgIpc) is 2.70. The highest BCUT2D eigenvalue weighted by atomic mass is 32.2. The van der Waals surface area contributed by atoms with Gasteiger partial charge in [0.2, 0.25) is 0 Å². The lowest BCUT2D eigenvalue weighted by Gasteiger charge is -2.07. The second-order valence-corrected chi connectivity index (χ2v) is 7.45. The van der Waals surface area contributed by atoms with E-state index in [-0.39, 0.29) is 0 Å². The van der Waals surface area contributed by atoms with E-state index in [1.54, 1.807) is 11.8 Å². The van der Waals surface area contributed by atoms with E-state index in [1.165, 1.54) is 38.6 Å². The van der Waals surface area contributed by atoms with Gasteiger partial charge < -0.3 is 16.4 Å². The Morgan fingerprint density at radius 1 is 1.00 bits per heavy atom. The van der Waals surface area contributed by atoms with Gasteiger partial charge in [-0.15, -0.1) is 11.8 Å². The van der Waals surface area contributed by atoms with Gasteiger partial charge in [0.25, 0.3) is 0 Å². The van der Waals surface area contributed by atoms with Crippen molar-refractivity contribution >= 4 is 11.8 Å². The van der Waals surface area contributed by atoms with Crippen LogP contribution in [-0.2, 0) is 0 Å². The summed E-state index contributed by atoms with van der Waals surface area (Å²) in [5.74, 6) is 0. The first kappa shape index (κ1) is 34.8. The van der Waals surface area contributed by atoms with Crippen LogP contribution in [0.1, 0.15) is 86.5 Å². The first-order chi connectivity index (χ1) is 13.3. The summed E-state index contributed by atoms with van der Waals surface area (Å²) in [5.41, 5.74) is 13.0. The normalized spacial score (nSPS) is 10.8. The van der Waals surface area contributed by atoms with E-state index >= 15 is 0 Å². The predicted molar refractivity (Wildman–Crippen MR) is 137 cm³/mol. The fourth-order valence-electron chi connectivity index (χ4n) is 1.77. The number of rotatable bonds is 11. The molecule has 28 heavy (non-hydrogen) atoms. The van der Waals surface area contributed by atoms with Gasteiger partial charge in [0.1, 0.15) is 0 Å². The summed E-state index contributed by atoms with van der Waals surface area (Å²) in [6.45, 7) is 18.4. The minimum Gasteiger partial charge on any atom is -0.393 e. The number of unbranched alkanes of at least 4 members (excludes halogenated alkanes) is 4. The van der Waals surface area contributed by atoms with E-state index in [0.717, 1.165) is 35.6 Å². The van der Waals surface area contributed by atoms with Crippen LogP contribution in [0.25, 0.3) is 0 Å². The SMILES string of the molecule is C=C(C)C(/C=C/CCC)=C(\N)SC.CC.CCCCCCN(C)C.CCCN. The summed E-state index contributed by atoms with van der Waals surface area (Å²) in [6, 6.07) is 0. The molecule has 0 aliphatic heterocycles. The maximum absolute atomic E-state index is 5.83. The van der Waals surface area contributed by atoms with Gasteiger partial charge in [-0.1, -0.05) is 79.0 Å². The van der Waals surface area contributed by atoms with Crippen LogP contribution < -0.4 is 11.5 Å². The van der Waals surface area contributed by atoms with Crippen LogP contribution >= 0.6 is 11.8 Å². The van der Waals surface area contributed by atoms with E-state index < -0.39 is 0 Å². The highest BCUT2D eigenvalue weighted by molar-refractivity contribution is 8.02. The number of hydrogen-bond donors (Lipinski definition) is 2. The standard InChI is InChI=1S/C11H19NS.C8H19N.C3H9N.C2H6/c1-5-6-7-8-10(9(2)3)11(12)13-4;1-4-5-6-7-8-9(2)3;1-2-3-4;1-2/h7-8H,2,5-6,12H2,1,3-4H3;4-8H2,1-3H3;2-4H2,1H3;1-2H3/b8-7+,11-10+;;;. The number of nitrogens with two attached hydrogens (primary N) is 2. The van der Waals surface area contributed by atoms with E-state index in [2.05, 4.69) is 58.5 Å². The van der Waals surface area contributed by atoms with Gasteiger partial charge in [-0.25, -0.2) is 0 Å². The van der Waals surface area contributed by atoms with E-state index in [4.69, 9.17) is 11.5 Å². The van der Waals surface area contributed by atoms with Crippen molar-refractivity contribution < 1.29 is 0 Å². The Hall–Kier alpha value is -0.710. The minimum atomic E-state index is 0.819. The molecule has 0 saturated heterocycles. The van der Waals surface area contributed by atoms with Crippen LogP contribution in [0.15, 0.2) is 34.9 Å². The van der Waals surface area contributed by atoms with E-state index in [1.807, 2.05) is 27.0 Å². The lowest BCUT2D eigenvalue weighted by molar-refractivity contribution is 0.391. The van der Waals surface area contributed by atoms with Gasteiger partial charge in [-0.2, -0.15) is 0 Å².